The highest BCUT2D eigenvalue weighted by Gasteiger charge is 2.22. The molecular weight excluding hydrogens is 438 g/mol. The SMILES string of the molecule is CCc1nnc(NC(=O)Cn2c(-c3ccc(C)cc3)nc3scc(C(=O)O)c3c2=O)s1. The van der Waals surface area contributed by atoms with E-state index in [0.717, 1.165) is 21.9 Å². The summed E-state index contributed by atoms with van der Waals surface area (Å²) in [5.41, 5.74) is 0.968. The Morgan fingerprint density at radius 3 is 2.58 bits per heavy atom. The van der Waals surface area contributed by atoms with Gasteiger partial charge in [-0.25, -0.2) is 9.78 Å². The van der Waals surface area contributed by atoms with Crippen LogP contribution in [0.25, 0.3) is 21.6 Å². The number of aryl methyl sites for hydroxylation is 2. The molecule has 3 heterocycles. The number of hydrogen-bond acceptors (Lipinski definition) is 8. The first kappa shape index (κ1) is 20.8. The Morgan fingerprint density at radius 1 is 1.19 bits per heavy atom. The number of thiophene rings is 1. The van der Waals surface area contributed by atoms with E-state index in [0.29, 0.717) is 21.9 Å². The van der Waals surface area contributed by atoms with E-state index < -0.39 is 17.4 Å². The number of rotatable bonds is 6. The molecule has 0 bridgehead atoms. The monoisotopic (exact) mass is 455 g/mol. The molecule has 0 atom stereocenters. The molecule has 1 aromatic carbocycles. The summed E-state index contributed by atoms with van der Waals surface area (Å²) < 4.78 is 1.20. The van der Waals surface area contributed by atoms with Crippen LogP contribution in [0.5, 0.6) is 0 Å². The predicted molar refractivity (Wildman–Crippen MR) is 119 cm³/mol. The number of anilines is 1. The highest BCUT2D eigenvalue weighted by molar-refractivity contribution is 7.17. The maximum absolute atomic E-state index is 13.3. The van der Waals surface area contributed by atoms with Crippen molar-refractivity contribution in [2.45, 2.75) is 26.8 Å². The van der Waals surface area contributed by atoms with Gasteiger partial charge in [-0.05, 0) is 13.3 Å². The summed E-state index contributed by atoms with van der Waals surface area (Å²) in [6.07, 6.45) is 0.696. The van der Waals surface area contributed by atoms with Crippen molar-refractivity contribution >= 4 is 49.9 Å². The van der Waals surface area contributed by atoms with Crippen LogP contribution in [-0.2, 0) is 17.8 Å². The molecule has 1 amide bonds. The Morgan fingerprint density at radius 2 is 1.94 bits per heavy atom. The van der Waals surface area contributed by atoms with E-state index in [2.05, 4.69) is 20.5 Å². The summed E-state index contributed by atoms with van der Waals surface area (Å²) in [5.74, 6) is -1.41. The number of hydrogen-bond donors (Lipinski definition) is 2. The Bertz CT molecular complexity index is 1350. The van der Waals surface area contributed by atoms with Crippen LogP contribution >= 0.6 is 22.7 Å². The van der Waals surface area contributed by atoms with E-state index >= 15 is 0 Å². The van der Waals surface area contributed by atoms with E-state index in [1.54, 1.807) is 12.1 Å². The minimum absolute atomic E-state index is 0.00894. The second kappa shape index (κ2) is 8.36. The van der Waals surface area contributed by atoms with Gasteiger partial charge in [-0.15, -0.1) is 21.5 Å². The Balaban J connectivity index is 1.81. The molecule has 9 nitrogen and oxygen atoms in total. The second-order valence-corrected chi connectivity index (χ2v) is 8.65. The molecular formula is C20H17N5O4S2. The highest BCUT2D eigenvalue weighted by Crippen LogP contribution is 2.26. The lowest BCUT2D eigenvalue weighted by atomic mass is 10.1. The topological polar surface area (TPSA) is 127 Å². The van der Waals surface area contributed by atoms with Gasteiger partial charge in [-0.3, -0.25) is 19.5 Å². The molecule has 0 aliphatic rings. The molecule has 158 valence electrons. The van der Waals surface area contributed by atoms with Crippen LogP contribution in [0.15, 0.2) is 34.4 Å². The molecule has 31 heavy (non-hydrogen) atoms. The highest BCUT2D eigenvalue weighted by atomic mass is 32.1. The Hall–Kier alpha value is -3.44. The lowest BCUT2D eigenvalue weighted by Gasteiger charge is -2.12. The molecule has 2 N–H and O–H groups in total. The zero-order valence-corrected chi connectivity index (χ0v) is 18.2. The van der Waals surface area contributed by atoms with E-state index in [9.17, 15) is 19.5 Å². The maximum Gasteiger partial charge on any atom is 0.337 e. The fraction of sp³-hybridized carbons (Fsp3) is 0.200. The van der Waals surface area contributed by atoms with Crippen molar-refractivity contribution < 1.29 is 14.7 Å². The van der Waals surface area contributed by atoms with Crippen molar-refractivity contribution in [1.82, 2.24) is 19.7 Å². The molecule has 0 fully saturated rings. The Kier molecular flexibility index (Phi) is 5.61. The molecule has 4 rings (SSSR count). The normalized spacial score (nSPS) is 11.0. The number of carboxylic acids is 1. The third kappa shape index (κ3) is 4.09. The fourth-order valence-electron chi connectivity index (χ4n) is 3.00. The quantitative estimate of drug-likeness (QED) is 0.457. The van der Waals surface area contributed by atoms with Gasteiger partial charge in [0.15, 0.2) is 0 Å². The first-order chi connectivity index (χ1) is 14.9. The predicted octanol–water partition coefficient (Wildman–Crippen LogP) is 3.18. The number of aromatic carboxylic acids is 1. The minimum atomic E-state index is -1.22. The molecule has 0 aliphatic carbocycles. The third-order valence-corrected chi connectivity index (χ3v) is 6.41. The molecule has 0 unspecified atom stereocenters. The van der Waals surface area contributed by atoms with Gasteiger partial charge in [-0.2, -0.15) is 0 Å². The summed E-state index contributed by atoms with van der Waals surface area (Å²) in [6.45, 7) is 3.52. The van der Waals surface area contributed by atoms with Gasteiger partial charge >= 0.3 is 5.97 Å². The molecule has 0 aliphatic heterocycles. The minimum Gasteiger partial charge on any atom is -0.478 e. The largest absolute Gasteiger partial charge is 0.478 e. The lowest BCUT2D eigenvalue weighted by Crippen LogP contribution is -2.30. The van der Waals surface area contributed by atoms with Gasteiger partial charge < -0.3 is 5.11 Å². The van der Waals surface area contributed by atoms with Crippen LogP contribution in [-0.4, -0.2) is 36.7 Å². The van der Waals surface area contributed by atoms with Crippen molar-refractivity contribution in [2.24, 2.45) is 0 Å². The molecule has 0 saturated carbocycles. The van der Waals surface area contributed by atoms with Crippen molar-refractivity contribution in [3.63, 3.8) is 0 Å². The number of aromatic nitrogens is 4. The number of nitrogens with one attached hydrogen (secondary N) is 1. The van der Waals surface area contributed by atoms with E-state index in [1.165, 1.54) is 21.3 Å². The van der Waals surface area contributed by atoms with Crippen molar-refractivity contribution in [1.29, 1.82) is 0 Å². The average molecular weight is 456 g/mol. The van der Waals surface area contributed by atoms with Gasteiger partial charge in [0.25, 0.3) is 5.56 Å². The molecule has 0 radical (unpaired) electrons. The first-order valence-corrected chi connectivity index (χ1v) is 11.0. The van der Waals surface area contributed by atoms with Gasteiger partial charge in [0.05, 0.1) is 10.9 Å². The van der Waals surface area contributed by atoms with Gasteiger partial charge in [0.2, 0.25) is 11.0 Å². The summed E-state index contributed by atoms with van der Waals surface area (Å²) in [5, 5.41) is 22.5. The summed E-state index contributed by atoms with van der Waals surface area (Å²) >= 11 is 2.34. The van der Waals surface area contributed by atoms with Crippen LogP contribution in [0, 0.1) is 6.92 Å². The molecule has 11 heteroatoms. The molecule has 3 aromatic heterocycles. The zero-order valence-electron chi connectivity index (χ0n) is 16.6. The molecule has 0 spiro atoms. The van der Waals surface area contributed by atoms with Crippen LogP contribution in [0.2, 0.25) is 0 Å². The van der Waals surface area contributed by atoms with Crippen molar-refractivity contribution in [2.75, 3.05) is 5.32 Å². The number of nitrogens with zero attached hydrogens (tertiary/aromatic N) is 4. The zero-order chi connectivity index (χ0) is 22.1. The number of benzene rings is 1. The number of carbonyl (C=O) groups is 2. The second-order valence-electron chi connectivity index (χ2n) is 6.73. The molecule has 4 aromatic rings. The standard InChI is InChI=1S/C20H17N5O4S2/c1-3-14-23-24-20(31-14)21-13(26)8-25-16(11-6-4-10(2)5-7-11)22-17-15(18(25)27)12(9-30-17)19(28)29/h4-7,9H,3,8H2,1-2H3,(H,28,29)(H,21,24,26). The van der Waals surface area contributed by atoms with Crippen molar-refractivity contribution in [3.05, 3.63) is 56.1 Å². The van der Waals surface area contributed by atoms with Gasteiger partial charge in [0, 0.05) is 10.9 Å². The van der Waals surface area contributed by atoms with Gasteiger partial charge in [-0.1, -0.05) is 48.1 Å². The number of fused-ring (bicyclic) bond motifs is 1. The van der Waals surface area contributed by atoms with E-state index in [-0.39, 0.29) is 23.3 Å². The van der Waals surface area contributed by atoms with E-state index in [4.69, 9.17) is 0 Å². The summed E-state index contributed by atoms with van der Waals surface area (Å²) in [7, 11) is 0. The Labute approximate surface area is 184 Å². The molecule has 0 saturated heterocycles. The van der Waals surface area contributed by atoms with Crippen LogP contribution in [0.4, 0.5) is 5.13 Å². The van der Waals surface area contributed by atoms with Crippen LogP contribution < -0.4 is 10.9 Å². The van der Waals surface area contributed by atoms with Crippen LogP contribution in [0.3, 0.4) is 0 Å². The lowest BCUT2D eigenvalue weighted by molar-refractivity contribution is -0.116. The maximum atomic E-state index is 13.3. The third-order valence-electron chi connectivity index (χ3n) is 4.55. The summed E-state index contributed by atoms with van der Waals surface area (Å²) in [6, 6.07) is 7.37. The van der Waals surface area contributed by atoms with Crippen LogP contribution in [0.1, 0.15) is 27.9 Å². The summed E-state index contributed by atoms with van der Waals surface area (Å²) in [4.78, 5) is 42.4. The first-order valence-electron chi connectivity index (χ1n) is 9.32. The van der Waals surface area contributed by atoms with Crippen molar-refractivity contribution in [3.8, 4) is 11.4 Å². The fourth-order valence-corrected chi connectivity index (χ4v) is 4.60. The van der Waals surface area contributed by atoms with E-state index in [1.807, 2.05) is 26.0 Å². The average Bonchev–Trinajstić information content (AvgIpc) is 3.37. The van der Waals surface area contributed by atoms with Gasteiger partial charge in [0.1, 0.15) is 22.2 Å². The smallest absolute Gasteiger partial charge is 0.337 e. The number of amides is 1. The number of carbonyl (C=O) groups excluding carboxylic acids is 1. The number of carboxylic acid groups (broad SMARTS) is 1.